The van der Waals surface area contributed by atoms with Gasteiger partial charge in [0.25, 0.3) is 10.0 Å². The van der Waals surface area contributed by atoms with Gasteiger partial charge < -0.3 is 19.8 Å². The maximum atomic E-state index is 13.9. The predicted octanol–water partition coefficient (Wildman–Crippen LogP) is 6.85. The molecule has 0 aliphatic heterocycles. The number of nitrogens with two attached hydrogens (primary N) is 1. The fourth-order valence-corrected chi connectivity index (χ4v) is 7.39. The third kappa shape index (κ3) is 10.3. The molecule has 2 atom stereocenters. The van der Waals surface area contributed by atoms with Gasteiger partial charge in [0.2, 0.25) is 27.7 Å². The topological polar surface area (TPSA) is 191 Å². The highest BCUT2D eigenvalue weighted by atomic mass is 32.2. The summed E-state index contributed by atoms with van der Waals surface area (Å²) in [5, 5.41) is 11.3. The number of halogens is 2. The molecule has 0 radical (unpaired) electrons. The van der Waals surface area contributed by atoms with Gasteiger partial charge in [0.15, 0.2) is 0 Å². The molecule has 0 bridgehead atoms. The van der Waals surface area contributed by atoms with Crippen LogP contribution in [0.3, 0.4) is 0 Å². The summed E-state index contributed by atoms with van der Waals surface area (Å²) in [6.07, 6.45) is 3.37. The first-order valence-corrected chi connectivity index (χ1v) is 20.6. The highest BCUT2D eigenvalue weighted by molar-refractivity contribution is 7.90. The zero-order valence-electron chi connectivity index (χ0n) is 31.7. The lowest BCUT2D eigenvalue weighted by atomic mass is 9.92. The number of carbonyl (C=O) groups excluding carboxylic acids is 3. The van der Waals surface area contributed by atoms with Gasteiger partial charge in [-0.05, 0) is 104 Å². The van der Waals surface area contributed by atoms with Crippen molar-refractivity contribution < 1.29 is 40.0 Å². The van der Waals surface area contributed by atoms with Crippen LogP contribution in [0.1, 0.15) is 53.1 Å². The van der Waals surface area contributed by atoms with E-state index in [0.29, 0.717) is 33.2 Å². The summed E-state index contributed by atoms with van der Waals surface area (Å²) in [5.74, 6) is -1.95. The predicted molar refractivity (Wildman–Crippen MR) is 214 cm³/mol. The van der Waals surface area contributed by atoms with Crippen LogP contribution in [0, 0.1) is 17.0 Å². The molecule has 0 aliphatic carbocycles. The second-order valence-corrected chi connectivity index (χ2v) is 17.7. The van der Waals surface area contributed by atoms with Crippen LogP contribution in [0.15, 0.2) is 119 Å². The number of rotatable bonds is 10. The molecule has 5 N–H and O–H groups in total. The lowest BCUT2D eigenvalue weighted by Gasteiger charge is -2.17. The highest BCUT2D eigenvalue weighted by Gasteiger charge is 2.23. The van der Waals surface area contributed by atoms with Crippen molar-refractivity contribution in [1.82, 2.24) is 13.9 Å². The van der Waals surface area contributed by atoms with Crippen molar-refractivity contribution in [2.24, 2.45) is 10.6 Å². The van der Waals surface area contributed by atoms with Gasteiger partial charge in [0.1, 0.15) is 23.7 Å². The van der Waals surface area contributed by atoms with E-state index in [1.54, 1.807) is 71.8 Å². The lowest BCUT2D eigenvalue weighted by Crippen LogP contribution is -2.33. The quantitative estimate of drug-likeness (QED) is 0.116. The molecule has 6 aromatic rings. The van der Waals surface area contributed by atoms with Crippen LogP contribution in [0.4, 0.5) is 20.2 Å². The highest BCUT2D eigenvalue weighted by Crippen LogP contribution is 2.26. The zero-order chi connectivity index (χ0) is 41.9. The molecule has 0 spiro atoms. The Morgan fingerprint density at radius 1 is 0.649 bits per heavy atom. The van der Waals surface area contributed by atoms with Crippen molar-refractivity contribution in [3.05, 3.63) is 121 Å². The second-order valence-electron chi connectivity index (χ2n) is 14.5. The Labute approximate surface area is 329 Å². The van der Waals surface area contributed by atoms with E-state index in [-0.39, 0.29) is 45.1 Å². The van der Waals surface area contributed by atoms with Crippen LogP contribution >= 0.6 is 0 Å². The fourth-order valence-electron chi connectivity index (χ4n) is 5.90. The van der Waals surface area contributed by atoms with Crippen molar-refractivity contribution >= 4 is 70.9 Å². The van der Waals surface area contributed by atoms with E-state index in [1.165, 1.54) is 60.7 Å². The normalized spacial score (nSPS) is 13.0. The average molecular weight is 821 g/mol. The molecular formula is C40H42F2N6O7S2. The van der Waals surface area contributed by atoms with Gasteiger partial charge in [-0.15, -0.1) is 0 Å². The standard InChI is InChI=1S/C23H26FN3O4S.C17H16FN3O3S/c1-15(27-13-12-18-19(24)6-5-7-20(18)27)22(29)25-16-8-10-17(11-9-16)32(30,31)26-21(28)14-23(2,3)4;1-11(21-10-9-14-15(18)3-2-4-16(14)21)17(22)20-12-5-7-13(8-6-12)25(19,23)24/h5-13,15H,14H2,1-4H3,(H,25,29)(H,26,28);2-11H,1H3,(H,20,22)(H2,19,23,24)/t15-;11-/m11/s1. The summed E-state index contributed by atoms with van der Waals surface area (Å²) in [6.45, 7) is 8.89. The van der Waals surface area contributed by atoms with Gasteiger partial charge in [0.05, 0.1) is 20.8 Å². The molecule has 300 valence electrons. The first kappa shape index (κ1) is 42.2. The third-order valence-corrected chi connectivity index (χ3v) is 11.2. The Morgan fingerprint density at radius 2 is 1.05 bits per heavy atom. The first-order valence-electron chi connectivity index (χ1n) is 17.5. The maximum Gasteiger partial charge on any atom is 0.264 e. The number of fused-ring (bicyclic) bond motifs is 2. The average Bonchev–Trinajstić information content (AvgIpc) is 3.77. The van der Waals surface area contributed by atoms with E-state index in [4.69, 9.17) is 5.14 Å². The summed E-state index contributed by atoms with van der Waals surface area (Å²) < 4.78 is 80.4. The van der Waals surface area contributed by atoms with E-state index >= 15 is 0 Å². The smallest absolute Gasteiger partial charge is 0.264 e. The van der Waals surface area contributed by atoms with Gasteiger partial charge >= 0.3 is 0 Å². The number of anilines is 2. The Balaban J connectivity index is 0.000000224. The summed E-state index contributed by atoms with van der Waals surface area (Å²) in [7, 11) is -7.79. The number of sulfonamides is 2. The van der Waals surface area contributed by atoms with E-state index in [2.05, 4.69) is 15.4 Å². The number of nitrogens with zero attached hydrogens (tertiary/aromatic N) is 2. The number of aromatic nitrogens is 2. The van der Waals surface area contributed by atoms with Gasteiger partial charge in [0, 0.05) is 41.0 Å². The minimum Gasteiger partial charge on any atom is -0.335 e. The van der Waals surface area contributed by atoms with Crippen LogP contribution in [0.5, 0.6) is 0 Å². The van der Waals surface area contributed by atoms with E-state index in [0.717, 1.165) is 0 Å². The number of primary sulfonamides is 1. The molecule has 3 amide bonds. The molecule has 17 heteroatoms. The van der Waals surface area contributed by atoms with Crippen molar-refractivity contribution in [2.45, 2.75) is 62.9 Å². The Bertz CT molecular complexity index is 2670. The Morgan fingerprint density at radius 3 is 1.44 bits per heavy atom. The minimum atomic E-state index is -4.01. The van der Waals surface area contributed by atoms with E-state index in [1.807, 2.05) is 20.8 Å². The van der Waals surface area contributed by atoms with E-state index < -0.39 is 38.0 Å². The summed E-state index contributed by atoms with van der Waals surface area (Å²) >= 11 is 0. The number of amides is 3. The second kappa shape index (κ2) is 16.7. The van der Waals surface area contributed by atoms with Crippen LogP contribution in [-0.4, -0.2) is 43.7 Å². The molecule has 4 aromatic carbocycles. The molecule has 0 saturated carbocycles. The zero-order valence-corrected chi connectivity index (χ0v) is 33.3. The van der Waals surface area contributed by atoms with Crippen molar-refractivity contribution in [1.29, 1.82) is 0 Å². The van der Waals surface area contributed by atoms with Gasteiger partial charge in [-0.3, -0.25) is 14.4 Å². The number of hydrogen-bond donors (Lipinski definition) is 4. The molecular weight excluding hydrogens is 779 g/mol. The van der Waals surface area contributed by atoms with Gasteiger partial charge in [-0.1, -0.05) is 32.9 Å². The van der Waals surface area contributed by atoms with Crippen LogP contribution < -0.4 is 20.5 Å². The SMILES string of the molecule is C[C@H](C(=O)Nc1ccc(S(=O)(=O)NC(=O)CC(C)(C)C)cc1)n1ccc2c(F)cccc21.C[C@H](C(=O)Nc1ccc(S(N)(=O)=O)cc1)n1ccc2c(F)cccc21. The van der Waals surface area contributed by atoms with Gasteiger partial charge in [-0.2, -0.15) is 0 Å². The van der Waals surface area contributed by atoms with Crippen LogP contribution in [-0.2, 0) is 34.4 Å². The molecule has 0 unspecified atom stereocenters. The molecule has 6 rings (SSSR count). The molecule has 2 heterocycles. The molecule has 13 nitrogen and oxygen atoms in total. The van der Waals surface area contributed by atoms with Gasteiger partial charge in [-0.25, -0.2) is 35.5 Å². The first-order chi connectivity index (χ1) is 26.6. The maximum absolute atomic E-state index is 13.9. The number of carbonyl (C=O) groups is 3. The summed E-state index contributed by atoms with van der Waals surface area (Å²) in [4.78, 5) is 37.0. The van der Waals surface area contributed by atoms with Crippen molar-refractivity contribution in [3.8, 4) is 0 Å². The van der Waals surface area contributed by atoms with Crippen LogP contribution in [0.2, 0.25) is 0 Å². The molecule has 0 saturated heterocycles. The van der Waals surface area contributed by atoms with E-state index in [9.17, 15) is 40.0 Å². The number of hydrogen-bond acceptors (Lipinski definition) is 7. The van der Waals surface area contributed by atoms with Crippen LogP contribution in [0.25, 0.3) is 21.8 Å². The fraction of sp³-hybridized carbons (Fsp3) is 0.225. The molecule has 57 heavy (non-hydrogen) atoms. The van der Waals surface area contributed by atoms with Crippen molar-refractivity contribution in [3.63, 3.8) is 0 Å². The minimum absolute atomic E-state index is 0.0366. The number of benzene rings is 4. The molecule has 0 fully saturated rings. The molecule has 0 aliphatic rings. The summed E-state index contributed by atoms with van der Waals surface area (Å²) in [5.41, 5.74) is 1.70. The third-order valence-electron chi connectivity index (χ3n) is 8.83. The Hall–Kier alpha value is -5.91. The number of nitrogens with one attached hydrogen (secondary N) is 3. The Kier molecular flexibility index (Phi) is 12.4. The monoisotopic (exact) mass is 820 g/mol. The molecule has 2 aromatic heterocycles. The summed E-state index contributed by atoms with van der Waals surface area (Å²) in [6, 6.07) is 22.4. The lowest BCUT2D eigenvalue weighted by molar-refractivity contribution is -0.121. The largest absolute Gasteiger partial charge is 0.335 e. The van der Waals surface area contributed by atoms with Crippen molar-refractivity contribution in [2.75, 3.05) is 10.6 Å².